The number of fused-ring (bicyclic) bond motifs is 1. The number of hydrogen-bond acceptors (Lipinski definition) is 5. The van der Waals surface area contributed by atoms with Gasteiger partial charge in [-0.05, 0) is 43.7 Å². The van der Waals surface area contributed by atoms with E-state index in [0.29, 0.717) is 17.2 Å². The standard InChI is InChI=1S/C22H19F3N4O2S/c1-13-14(2)29(10-15-6-5-9-31-15)20-19(13)21(27-12-26-20)32-11-18(30)28-17-8-4-3-7-16(17)22(23,24)25/h3-9,12H,10-11H2,1-2H3,(H,28,30). The van der Waals surface area contributed by atoms with Crippen molar-refractivity contribution in [2.24, 2.45) is 0 Å². The Labute approximate surface area is 185 Å². The van der Waals surface area contributed by atoms with Gasteiger partial charge in [0.25, 0.3) is 0 Å². The second-order valence-corrected chi connectivity index (χ2v) is 8.10. The topological polar surface area (TPSA) is 73.0 Å². The van der Waals surface area contributed by atoms with Crippen LogP contribution in [0, 0.1) is 13.8 Å². The maximum absolute atomic E-state index is 13.2. The highest BCUT2D eigenvalue weighted by molar-refractivity contribution is 8.00. The molecule has 0 radical (unpaired) electrons. The summed E-state index contributed by atoms with van der Waals surface area (Å²) in [7, 11) is 0. The van der Waals surface area contributed by atoms with Crippen molar-refractivity contribution >= 4 is 34.4 Å². The van der Waals surface area contributed by atoms with E-state index in [1.54, 1.807) is 6.26 Å². The normalized spacial score (nSPS) is 11.8. The third-order valence-corrected chi connectivity index (χ3v) is 6.10. The number of furan rings is 1. The van der Waals surface area contributed by atoms with Crippen LogP contribution in [0.2, 0.25) is 0 Å². The van der Waals surface area contributed by atoms with Gasteiger partial charge in [-0.3, -0.25) is 4.79 Å². The van der Waals surface area contributed by atoms with Gasteiger partial charge in [0.05, 0.1) is 35.2 Å². The number of halogens is 3. The second-order valence-electron chi connectivity index (χ2n) is 7.13. The first kappa shape index (κ1) is 21.9. The molecule has 1 aromatic carbocycles. The lowest BCUT2D eigenvalue weighted by Gasteiger charge is -2.13. The molecule has 0 atom stereocenters. The number of alkyl halides is 3. The molecule has 0 saturated carbocycles. The largest absolute Gasteiger partial charge is 0.467 e. The summed E-state index contributed by atoms with van der Waals surface area (Å²) in [6.45, 7) is 4.41. The minimum Gasteiger partial charge on any atom is -0.467 e. The summed E-state index contributed by atoms with van der Waals surface area (Å²) in [5.41, 5.74) is 1.51. The molecule has 0 aliphatic heterocycles. The van der Waals surface area contributed by atoms with Gasteiger partial charge < -0.3 is 14.3 Å². The van der Waals surface area contributed by atoms with Crippen LogP contribution in [0.25, 0.3) is 11.0 Å². The predicted molar refractivity (Wildman–Crippen MR) is 116 cm³/mol. The number of para-hydroxylation sites is 1. The van der Waals surface area contributed by atoms with E-state index < -0.39 is 17.6 Å². The van der Waals surface area contributed by atoms with Gasteiger partial charge in [0, 0.05) is 5.69 Å². The molecule has 0 unspecified atom stereocenters. The van der Waals surface area contributed by atoms with Crippen LogP contribution in [-0.2, 0) is 17.5 Å². The van der Waals surface area contributed by atoms with E-state index in [9.17, 15) is 18.0 Å². The minimum atomic E-state index is -4.55. The lowest BCUT2D eigenvalue weighted by atomic mass is 10.1. The van der Waals surface area contributed by atoms with Crippen LogP contribution in [0.3, 0.4) is 0 Å². The van der Waals surface area contributed by atoms with E-state index in [2.05, 4.69) is 15.3 Å². The Morgan fingerprint density at radius 3 is 2.66 bits per heavy atom. The molecule has 166 valence electrons. The van der Waals surface area contributed by atoms with Crippen molar-refractivity contribution < 1.29 is 22.4 Å². The number of amides is 1. The first-order valence-electron chi connectivity index (χ1n) is 9.67. The van der Waals surface area contributed by atoms with Crippen LogP contribution in [-0.4, -0.2) is 26.2 Å². The number of rotatable bonds is 6. The molecular formula is C22H19F3N4O2S. The van der Waals surface area contributed by atoms with Gasteiger partial charge in [0.2, 0.25) is 5.91 Å². The Balaban J connectivity index is 1.55. The number of hydrogen-bond donors (Lipinski definition) is 1. The van der Waals surface area contributed by atoms with Gasteiger partial charge in [-0.2, -0.15) is 13.2 Å². The van der Waals surface area contributed by atoms with E-state index in [-0.39, 0.29) is 11.4 Å². The average Bonchev–Trinajstić information content (AvgIpc) is 3.35. The quantitative estimate of drug-likeness (QED) is 0.306. The van der Waals surface area contributed by atoms with Crippen LogP contribution >= 0.6 is 11.8 Å². The lowest BCUT2D eigenvalue weighted by Crippen LogP contribution is -2.18. The summed E-state index contributed by atoms with van der Waals surface area (Å²) >= 11 is 1.15. The van der Waals surface area contributed by atoms with Crippen LogP contribution in [0.1, 0.15) is 22.6 Å². The summed E-state index contributed by atoms with van der Waals surface area (Å²) in [6, 6.07) is 8.58. The summed E-state index contributed by atoms with van der Waals surface area (Å²) in [6.07, 6.45) is -1.53. The van der Waals surface area contributed by atoms with Crippen molar-refractivity contribution in [3.63, 3.8) is 0 Å². The van der Waals surface area contributed by atoms with E-state index in [1.807, 2.05) is 30.5 Å². The molecule has 3 aromatic heterocycles. The average molecular weight is 460 g/mol. The van der Waals surface area contributed by atoms with Crippen molar-refractivity contribution in [3.05, 3.63) is 71.6 Å². The van der Waals surface area contributed by atoms with Gasteiger partial charge in [-0.1, -0.05) is 23.9 Å². The third kappa shape index (κ3) is 4.36. The molecule has 6 nitrogen and oxygen atoms in total. The van der Waals surface area contributed by atoms with Gasteiger partial charge in [-0.15, -0.1) is 0 Å². The molecule has 10 heteroatoms. The number of aryl methyl sites for hydroxylation is 1. The molecule has 0 fully saturated rings. The number of nitrogens with zero attached hydrogens (tertiary/aromatic N) is 3. The fraction of sp³-hybridized carbons (Fsp3) is 0.227. The first-order valence-corrected chi connectivity index (χ1v) is 10.7. The monoisotopic (exact) mass is 460 g/mol. The molecule has 4 aromatic rings. The zero-order chi connectivity index (χ0) is 22.9. The zero-order valence-corrected chi connectivity index (χ0v) is 18.0. The Morgan fingerprint density at radius 1 is 1.16 bits per heavy atom. The minimum absolute atomic E-state index is 0.0971. The molecule has 0 aliphatic carbocycles. The summed E-state index contributed by atoms with van der Waals surface area (Å²) in [4.78, 5) is 21.1. The maximum atomic E-state index is 13.2. The predicted octanol–water partition coefficient (Wildman–Crippen LogP) is 5.44. The molecule has 1 amide bonds. The lowest BCUT2D eigenvalue weighted by molar-refractivity contribution is -0.137. The smallest absolute Gasteiger partial charge is 0.418 e. The summed E-state index contributed by atoms with van der Waals surface area (Å²) in [5, 5.41) is 3.76. The van der Waals surface area contributed by atoms with Crippen LogP contribution < -0.4 is 5.32 Å². The van der Waals surface area contributed by atoms with Gasteiger partial charge in [0.1, 0.15) is 22.8 Å². The molecule has 0 saturated heterocycles. The summed E-state index contributed by atoms with van der Waals surface area (Å²) in [5.74, 6) is 0.128. The number of carbonyl (C=O) groups is 1. The summed E-state index contributed by atoms with van der Waals surface area (Å²) < 4.78 is 46.9. The van der Waals surface area contributed by atoms with Crippen molar-refractivity contribution in [3.8, 4) is 0 Å². The fourth-order valence-corrected chi connectivity index (χ4v) is 4.31. The fourth-order valence-electron chi connectivity index (χ4n) is 3.46. The number of thioether (sulfide) groups is 1. The number of carbonyl (C=O) groups excluding carboxylic acids is 1. The van der Waals surface area contributed by atoms with Crippen LogP contribution in [0.15, 0.2) is 58.4 Å². The van der Waals surface area contributed by atoms with E-state index in [0.717, 1.165) is 40.2 Å². The Morgan fingerprint density at radius 2 is 1.94 bits per heavy atom. The van der Waals surface area contributed by atoms with Gasteiger partial charge in [-0.25, -0.2) is 9.97 Å². The SMILES string of the molecule is Cc1c(C)n(Cc2ccco2)c2ncnc(SCC(=O)Nc3ccccc3C(F)(F)F)c12. The highest BCUT2D eigenvalue weighted by atomic mass is 32.2. The Bertz CT molecular complexity index is 1270. The molecule has 0 spiro atoms. The first-order chi connectivity index (χ1) is 15.3. The molecular weight excluding hydrogens is 441 g/mol. The molecule has 32 heavy (non-hydrogen) atoms. The molecule has 0 bridgehead atoms. The number of anilines is 1. The highest BCUT2D eigenvalue weighted by Crippen LogP contribution is 2.35. The second kappa shape index (κ2) is 8.70. The molecule has 3 heterocycles. The van der Waals surface area contributed by atoms with E-state index in [4.69, 9.17) is 4.42 Å². The number of aromatic nitrogens is 3. The number of benzene rings is 1. The van der Waals surface area contributed by atoms with Crippen molar-refractivity contribution in [2.75, 3.05) is 11.1 Å². The highest BCUT2D eigenvalue weighted by Gasteiger charge is 2.33. The van der Waals surface area contributed by atoms with Crippen molar-refractivity contribution in [1.82, 2.24) is 14.5 Å². The molecule has 1 N–H and O–H groups in total. The van der Waals surface area contributed by atoms with Crippen LogP contribution in [0.5, 0.6) is 0 Å². The van der Waals surface area contributed by atoms with E-state index in [1.165, 1.54) is 24.5 Å². The zero-order valence-electron chi connectivity index (χ0n) is 17.2. The molecule has 0 aliphatic rings. The van der Waals surface area contributed by atoms with Crippen LogP contribution in [0.4, 0.5) is 18.9 Å². The molecule has 4 rings (SSSR count). The number of nitrogens with one attached hydrogen (secondary N) is 1. The van der Waals surface area contributed by atoms with Gasteiger partial charge >= 0.3 is 6.18 Å². The third-order valence-electron chi connectivity index (χ3n) is 5.11. The van der Waals surface area contributed by atoms with Crippen molar-refractivity contribution in [2.45, 2.75) is 31.6 Å². The Kier molecular flexibility index (Phi) is 5.96. The maximum Gasteiger partial charge on any atom is 0.418 e. The Hall–Kier alpha value is -3.27. The van der Waals surface area contributed by atoms with Gasteiger partial charge in [0.15, 0.2) is 0 Å². The van der Waals surface area contributed by atoms with E-state index >= 15 is 0 Å². The van der Waals surface area contributed by atoms with Crippen molar-refractivity contribution in [1.29, 1.82) is 0 Å².